The van der Waals surface area contributed by atoms with Crippen molar-refractivity contribution in [2.24, 2.45) is 11.8 Å². The van der Waals surface area contributed by atoms with Crippen molar-refractivity contribution in [2.45, 2.75) is 5.41 Å². The smallest absolute Gasteiger partial charge is 0.0595 e. The zero-order valence-corrected chi connectivity index (χ0v) is 11.2. The van der Waals surface area contributed by atoms with Crippen LogP contribution in [0.1, 0.15) is 5.56 Å². The minimum Gasteiger partial charge on any atom is -0.384 e. The molecule has 3 atom stereocenters. The van der Waals surface area contributed by atoms with Crippen LogP contribution in [0.5, 0.6) is 0 Å². The molecule has 0 spiro atoms. The van der Waals surface area contributed by atoms with Gasteiger partial charge >= 0.3 is 0 Å². The highest BCUT2D eigenvalue weighted by atomic mass is 35.5. The third-order valence-corrected chi connectivity index (χ3v) is 5.02. The van der Waals surface area contributed by atoms with E-state index in [0.717, 1.165) is 19.7 Å². The second kappa shape index (κ2) is 4.13. The Bertz CT molecular complexity index is 451. The zero-order valence-electron chi connectivity index (χ0n) is 9.67. The Labute approximate surface area is 111 Å². The molecule has 2 nitrogen and oxygen atoms in total. The molecule has 17 heavy (non-hydrogen) atoms. The third-order valence-electron chi connectivity index (χ3n) is 4.28. The van der Waals surface area contributed by atoms with Crippen LogP contribution in [0.15, 0.2) is 18.2 Å². The number of hydrogen-bond donors (Lipinski definition) is 1. The summed E-state index contributed by atoms with van der Waals surface area (Å²) in [5, 5.41) is 4.72. The molecule has 2 unspecified atom stereocenters. The molecule has 1 saturated carbocycles. The number of benzene rings is 1. The normalized spacial score (nSPS) is 34.8. The average molecular weight is 272 g/mol. The van der Waals surface area contributed by atoms with E-state index in [2.05, 4.69) is 11.4 Å². The molecule has 0 amide bonds. The minimum absolute atomic E-state index is 0.226. The molecule has 0 radical (unpaired) electrons. The van der Waals surface area contributed by atoms with Gasteiger partial charge in [0, 0.05) is 19.1 Å². The quantitative estimate of drug-likeness (QED) is 0.913. The molecule has 0 aromatic heterocycles. The van der Waals surface area contributed by atoms with E-state index >= 15 is 0 Å². The van der Waals surface area contributed by atoms with Gasteiger partial charge in [-0.3, -0.25) is 0 Å². The van der Waals surface area contributed by atoms with Gasteiger partial charge in [-0.05, 0) is 36.1 Å². The molecular formula is C13H15Cl2NO. The van der Waals surface area contributed by atoms with Gasteiger partial charge in [0.15, 0.2) is 0 Å². The monoisotopic (exact) mass is 271 g/mol. The van der Waals surface area contributed by atoms with Gasteiger partial charge in [-0.1, -0.05) is 29.3 Å². The predicted molar refractivity (Wildman–Crippen MR) is 69.9 cm³/mol. The van der Waals surface area contributed by atoms with Gasteiger partial charge in [-0.25, -0.2) is 0 Å². The van der Waals surface area contributed by atoms with Crippen LogP contribution >= 0.6 is 23.2 Å². The Morgan fingerprint density at radius 1 is 1.41 bits per heavy atom. The highest BCUT2D eigenvalue weighted by molar-refractivity contribution is 6.42. The predicted octanol–water partition coefficient (Wildman–Crippen LogP) is 2.73. The van der Waals surface area contributed by atoms with E-state index in [1.54, 1.807) is 7.11 Å². The summed E-state index contributed by atoms with van der Waals surface area (Å²) < 4.78 is 5.32. The van der Waals surface area contributed by atoms with Crippen molar-refractivity contribution in [2.75, 3.05) is 26.8 Å². The summed E-state index contributed by atoms with van der Waals surface area (Å²) >= 11 is 12.1. The average Bonchev–Trinajstić information content (AvgIpc) is 2.72. The molecule has 1 saturated heterocycles. The maximum Gasteiger partial charge on any atom is 0.0595 e. The first-order valence-corrected chi connectivity index (χ1v) is 6.61. The number of methoxy groups -OCH3 is 1. The summed E-state index contributed by atoms with van der Waals surface area (Å²) in [6.07, 6.45) is 0. The van der Waals surface area contributed by atoms with E-state index in [-0.39, 0.29) is 5.41 Å². The number of ether oxygens (including phenoxy) is 1. The number of halogens is 2. The molecule has 0 bridgehead atoms. The van der Waals surface area contributed by atoms with Crippen LogP contribution in [-0.4, -0.2) is 26.8 Å². The van der Waals surface area contributed by atoms with E-state index in [9.17, 15) is 0 Å². The van der Waals surface area contributed by atoms with E-state index in [1.165, 1.54) is 5.56 Å². The van der Waals surface area contributed by atoms with Crippen LogP contribution in [0.3, 0.4) is 0 Å². The summed E-state index contributed by atoms with van der Waals surface area (Å²) in [4.78, 5) is 0. The van der Waals surface area contributed by atoms with Gasteiger partial charge in [-0.2, -0.15) is 0 Å². The first-order chi connectivity index (χ1) is 8.20. The molecule has 1 aliphatic heterocycles. The van der Waals surface area contributed by atoms with Crippen LogP contribution in [0, 0.1) is 11.8 Å². The maximum atomic E-state index is 6.11. The first-order valence-electron chi connectivity index (χ1n) is 5.85. The van der Waals surface area contributed by atoms with Crippen LogP contribution in [0.4, 0.5) is 0 Å². The fraction of sp³-hybridized carbons (Fsp3) is 0.538. The first kappa shape index (κ1) is 11.8. The lowest BCUT2D eigenvalue weighted by molar-refractivity contribution is 0.172. The van der Waals surface area contributed by atoms with Crippen molar-refractivity contribution in [3.05, 3.63) is 33.8 Å². The van der Waals surface area contributed by atoms with Crippen molar-refractivity contribution in [1.82, 2.24) is 5.32 Å². The largest absolute Gasteiger partial charge is 0.384 e. The van der Waals surface area contributed by atoms with E-state index in [0.29, 0.717) is 21.9 Å². The molecule has 1 aromatic rings. The molecule has 3 rings (SSSR count). The number of hydrogen-bond acceptors (Lipinski definition) is 2. The Hall–Kier alpha value is -0.280. The third kappa shape index (κ3) is 1.62. The topological polar surface area (TPSA) is 21.3 Å². The number of nitrogens with one attached hydrogen (secondary N) is 1. The van der Waals surface area contributed by atoms with E-state index in [4.69, 9.17) is 27.9 Å². The molecular weight excluding hydrogens is 257 g/mol. The number of fused-ring (bicyclic) bond motifs is 1. The van der Waals surface area contributed by atoms with Crippen molar-refractivity contribution in [1.29, 1.82) is 0 Å². The highest BCUT2D eigenvalue weighted by Crippen LogP contribution is 2.62. The number of rotatable bonds is 3. The van der Waals surface area contributed by atoms with Gasteiger partial charge in [0.05, 0.1) is 16.7 Å². The molecule has 92 valence electrons. The van der Waals surface area contributed by atoms with E-state index < -0.39 is 0 Å². The standard InChI is InChI=1S/C13H15Cl2NO/c1-17-6-10-9-5-16-7-13(9,10)8-2-3-11(14)12(15)4-8/h2-4,9-10,16H,5-7H2,1H3/t9?,10-,13?/m1/s1. The maximum absolute atomic E-state index is 6.11. The van der Waals surface area contributed by atoms with Gasteiger partial charge in [-0.15, -0.1) is 0 Å². The van der Waals surface area contributed by atoms with Crippen molar-refractivity contribution in [3.63, 3.8) is 0 Å². The van der Waals surface area contributed by atoms with Crippen molar-refractivity contribution < 1.29 is 4.74 Å². The SMILES string of the molecule is COC[C@@H]1C2CNCC21c1ccc(Cl)c(Cl)c1. The lowest BCUT2D eigenvalue weighted by atomic mass is 9.93. The Morgan fingerprint density at radius 3 is 2.94 bits per heavy atom. The van der Waals surface area contributed by atoms with Crippen LogP contribution in [-0.2, 0) is 10.2 Å². The minimum atomic E-state index is 0.226. The van der Waals surface area contributed by atoms with Crippen molar-refractivity contribution >= 4 is 23.2 Å². The summed E-state index contributed by atoms with van der Waals surface area (Å²) in [7, 11) is 1.77. The molecule has 1 heterocycles. The summed E-state index contributed by atoms with van der Waals surface area (Å²) in [6.45, 7) is 2.92. The lowest BCUT2D eigenvalue weighted by Crippen LogP contribution is -2.25. The summed E-state index contributed by atoms with van der Waals surface area (Å²) in [5.74, 6) is 1.30. The second-order valence-electron chi connectivity index (χ2n) is 4.97. The molecule has 1 aromatic carbocycles. The highest BCUT2D eigenvalue weighted by Gasteiger charge is 2.67. The fourth-order valence-corrected chi connectivity index (χ4v) is 3.68. The Balaban J connectivity index is 1.94. The molecule has 2 aliphatic rings. The van der Waals surface area contributed by atoms with Crippen molar-refractivity contribution in [3.8, 4) is 0 Å². The van der Waals surface area contributed by atoms with Crippen LogP contribution in [0.25, 0.3) is 0 Å². The van der Waals surface area contributed by atoms with E-state index in [1.807, 2.05) is 12.1 Å². The second-order valence-corrected chi connectivity index (χ2v) is 5.78. The Kier molecular flexibility index (Phi) is 2.86. The van der Waals surface area contributed by atoms with Gasteiger partial charge in [0.1, 0.15) is 0 Å². The fourth-order valence-electron chi connectivity index (χ4n) is 3.39. The van der Waals surface area contributed by atoms with Gasteiger partial charge < -0.3 is 10.1 Å². The van der Waals surface area contributed by atoms with Gasteiger partial charge in [0.2, 0.25) is 0 Å². The van der Waals surface area contributed by atoms with Crippen LogP contribution in [0.2, 0.25) is 10.0 Å². The number of piperidine rings is 1. The lowest BCUT2D eigenvalue weighted by Gasteiger charge is -2.16. The molecule has 1 aliphatic carbocycles. The Morgan fingerprint density at radius 2 is 2.24 bits per heavy atom. The zero-order chi connectivity index (χ0) is 12.0. The molecule has 4 heteroatoms. The molecule has 2 fully saturated rings. The van der Waals surface area contributed by atoms with Gasteiger partial charge in [0.25, 0.3) is 0 Å². The molecule has 1 N–H and O–H groups in total. The van der Waals surface area contributed by atoms with Crippen LogP contribution < -0.4 is 5.32 Å². The summed E-state index contributed by atoms with van der Waals surface area (Å²) in [5.41, 5.74) is 1.52. The summed E-state index contributed by atoms with van der Waals surface area (Å²) in [6, 6.07) is 6.01.